The Labute approximate surface area is 160 Å². The molecule has 0 radical (unpaired) electrons. The third-order valence-corrected chi connectivity index (χ3v) is 4.65. The van der Waals surface area contributed by atoms with E-state index in [9.17, 15) is 13.2 Å². The second-order valence-electron chi connectivity index (χ2n) is 6.59. The molecule has 28 heavy (non-hydrogen) atoms. The highest BCUT2D eigenvalue weighted by Gasteiger charge is 2.32. The van der Waals surface area contributed by atoms with Gasteiger partial charge in [-0.1, -0.05) is 48.5 Å². The molecular weight excluding hydrogens is 363 g/mol. The van der Waals surface area contributed by atoms with Gasteiger partial charge in [-0.3, -0.25) is 0 Å². The number of alkyl halides is 3. The fourth-order valence-corrected chi connectivity index (χ4v) is 3.27. The summed E-state index contributed by atoms with van der Waals surface area (Å²) < 4.78 is 47.4. The number of ether oxygens (including phenoxy) is 1. The first-order chi connectivity index (χ1) is 13.5. The fraction of sp³-hybridized carbons (Fsp3) is 0.130. The minimum absolute atomic E-state index is 0.156. The van der Waals surface area contributed by atoms with Gasteiger partial charge in [-0.05, 0) is 41.5 Å². The number of fused-ring (bicyclic) bond motifs is 1. The zero-order valence-corrected chi connectivity index (χ0v) is 15.0. The van der Waals surface area contributed by atoms with Crippen LogP contribution in [0.5, 0.6) is 5.75 Å². The van der Waals surface area contributed by atoms with Crippen molar-refractivity contribution in [3.63, 3.8) is 0 Å². The smallest absolute Gasteiger partial charge is 0.416 e. The van der Waals surface area contributed by atoms with E-state index in [1.165, 1.54) is 12.1 Å². The number of hydrogen-bond donors (Lipinski definition) is 0. The van der Waals surface area contributed by atoms with Gasteiger partial charge in [0.1, 0.15) is 12.4 Å². The van der Waals surface area contributed by atoms with Gasteiger partial charge in [0.25, 0.3) is 0 Å². The molecule has 0 unspecified atom stereocenters. The zero-order chi connectivity index (χ0) is 19.6. The average molecular weight is 381 g/mol. The Balaban J connectivity index is 1.56. The molecule has 0 bridgehead atoms. The minimum Gasteiger partial charge on any atom is -0.489 e. The molecule has 5 heteroatoms. The summed E-state index contributed by atoms with van der Waals surface area (Å²) in [6.45, 7) is 0.620. The number of halogens is 3. The van der Waals surface area contributed by atoms with Gasteiger partial charge in [0.05, 0.1) is 5.56 Å². The van der Waals surface area contributed by atoms with Crippen molar-refractivity contribution in [1.29, 1.82) is 0 Å². The third kappa shape index (κ3) is 3.88. The average Bonchev–Trinajstić information content (AvgIpc) is 3.09. The van der Waals surface area contributed by atoms with Crippen LogP contribution in [-0.2, 0) is 19.3 Å². The Kier molecular flexibility index (Phi) is 4.82. The van der Waals surface area contributed by atoms with Gasteiger partial charge in [0, 0.05) is 23.6 Å². The fourth-order valence-electron chi connectivity index (χ4n) is 3.27. The Morgan fingerprint density at radius 3 is 2.36 bits per heavy atom. The van der Waals surface area contributed by atoms with E-state index in [1.807, 2.05) is 59.2 Å². The summed E-state index contributed by atoms with van der Waals surface area (Å²) in [5.74, 6) is 0.727. The second kappa shape index (κ2) is 7.43. The number of hydrogen-bond acceptors (Lipinski definition) is 1. The van der Waals surface area contributed by atoms with Gasteiger partial charge in [-0.15, -0.1) is 0 Å². The lowest BCUT2D eigenvalue weighted by molar-refractivity contribution is -0.138. The Morgan fingerprint density at radius 2 is 1.57 bits per heavy atom. The van der Waals surface area contributed by atoms with E-state index in [0.29, 0.717) is 6.61 Å². The van der Waals surface area contributed by atoms with Crippen molar-refractivity contribution in [2.75, 3.05) is 0 Å². The van der Waals surface area contributed by atoms with Crippen LogP contribution in [-0.4, -0.2) is 4.57 Å². The predicted octanol–water partition coefficient (Wildman–Crippen LogP) is 6.29. The summed E-state index contributed by atoms with van der Waals surface area (Å²) in [6, 6.07) is 23.1. The third-order valence-electron chi connectivity index (χ3n) is 4.65. The maximum absolute atomic E-state index is 13.2. The first kappa shape index (κ1) is 18.2. The van der Waals surface area contributed by atoms with Crippen LogP contribution >= 0.6 is 0 Å². The van der Waals surface area contributed by atoms with Crippen molar-refractivity contribution in [2.24, 2.45) is 0 Å². The van der Waals surface area contributed by atoms with Crippen LogP contribution in [0.2, 0.25) is 0 Å². The number of benzene rings is 3. The lowest BCUT2D eigenvalue weighted by atomic mass is 10.1. The van der Waals surface area contributed by atoms with Crippen LogP contribution in [0.3, 0.4) is 0 Å². The maximum atomic E-state index is 13.2. The van der Waals surface area contributed by atoms with Crippen LogP contribution in [0.25, 0.3) is 10.9 Å². The molecule has 0 atom stereocenters. The normalized spacial score (nSPS) is 11.7. The van der Waals surface area contributed by atoms with Crippen molar-refractivity contribution < 1.29 is 17.9 Å². The van der Waals surface area contributed by atoms with Crippen molar-refractivity contribution >= 4 is 10.9 Å². The summed E-state index contributed by atoms with van der Waals surface area (Å²) in [5, 5.41) is 0.926. The largest absolute Gasteiger partial charge is 0.489 e. The van der Waals surface area contributed by atoms with Gasteiger partial charge in [0.15, 0.2) is 0 Å². The molecule has 0 aliphatic carbocycles. The first-order valence-electron chi connectivity index (χ1n) is 8.91. The highest BCUT2D eigenvalue weighted by atomic mass is 19.4. The van der Waals surface area contributed by atoms with Crippen molar-refractivity contribution in [2.45, 2.75) is 19.3 Å². The Hall–Kier alpha value is -3.21. The molecule has 0 aliphatic rings. The summed E-state index contributed by atoms with van der Waals surface area (Å²) in [7, 11) is 0. The maximum Gasteiger partial charge on any atom is 0.416 e. The molecule has 2 nitrogen and oxygen atoms in total. The highest BCUT2D eigenvalue weighted by Crippen LogP contribution is 2.33. The zero-order valence-electron chi connectivity index (χ0n) is 15.0. The molecule has 0 fully saturated rings. The molecule has 1 aromatic heterocycles. The van der Waals surface area contributed by atoms with Crippen molar-refractivity contribution in [3.05, 3.63) is 102 Å². The van der Waals surface area contributed by atoms with Gasteiger partial charge in [-0.25, -0.2) is 0 Å². The quantitative estimate of drug-likeness (QED) is 0.396. The molecule has 3 aromatic carbocycles. The number of nitrogens with zero attached hydrogens (tertiary/aromatic N) is 1. The summed E-state index contributed by atoms with van der Waals surface area (Å²) >= 11 is 0. The molecule has 142 valence electrons. The van der Waals surface area contributed by atoms with Crippen LogP contribution < -0.4 is 4.74 Å². The molecule has 0 saturated carbocycles. The lowest BCUT2D eigenvalue weighted by Gasteiger charge is -2.14. The van der Waals surface area contributed by atoms with Crippen LogP contribution in [0.15, 0.2) is 85.1 Å². The van der Waals surface area contributed by atoms with Gasteiger partial charge < -0.3 is 9.30 Å². The molecule has 0 N–H and O–H groups in total. The Bertz CT molecular complexity index is 1080. The van der Waals surface area contributed by atoms with Crippen molar-refractivity contribution in [1.82, 2.24) is 4.57 Å². The first-order valence-corrected chi connectivity index (χ1v) is 8.91. The van der Waals surface area contributed by atoms with E-state index in [0.717, 1.165) is 28.3 Å². The summed E-state index contributed by atoms with van der Waals surface area (Å²) in [6.07, 6.45) is -2.56. The summed E-state index contributed by atoms with van der Waals surface area (Å²) in [5.41, 5.74) is 1.59. The van der Waals surface area contributed by atoms with E-state index in [-0.39, 0.29) is 12.1 Å². The topological polar surface area (TPSA) is 14.2 Å². The monoisotopic (exact) mass is 381 g/mol. The van der Waals surface area contributed by atoms with Gasteiger partial charge in [-0.2, -0.15) is 13.2 Å². The molecule has 0 saturated heterocycles. The van der Waals surface area contributed by atoms with Crippen LogP contribution in [0.4, 0.5) is 13.2 Å². The molecular formula is C23H18F3NO. The molecule has 0 aliphatic heterocycles. The standard InChI is InChI=1S/C23H18F3NO/c24-23(25,26)21-9-5-4-8-19(21)15-27-13-12-18-14-20(10-11-22(18)27)28-16-17-6-2-1-3-7-17/h1-14H,15-16H2. The molecule has 1 heterocycles. The van der Waals surface area contributed by atoms with E-state index >= 15 is 0 Å². The molecule has 4 aromatic rings. The van der Waals surface area contributed by atoms with Gasteiger partial charge in [0.2, 0.25) is 0 Å². The summed E-state index contributed by atoms with van der Waals surface area (Å²) in [4.78, 5) is 0. The van der Waals surface area contributed by atoms with E-state index in [4.69, 9.17) is 4.74 Å². The SMILES string of the molecule is FC(F)(F)c1ccccc1Cn1ccc2cc(OCc3ccccc3)ccc21. The van der Waals surface area contributed by atoms with E-state index in [1.54, 1.807) is 12.3 Å². The van der Waals surface area contributed by atoms with Crippen molar-refractivity contribution in [3.8, 4) is 5.75 Å². The van der Waals surface area contributed by atoms with Gasteiger partial charge >= 0.3 is 6.18 Å². The molecule has 0 spiro atoms. The van der Waals surface area contributed by atoms with Crippen LogP contribution in [0, 0.1) is 0 Å². The number of rotatable bonds is 5. The molecule has 0 amide bonds. The second-order valence-corrected chi connectivity index (χ2v) is 6.59. The molecule has 4 rings (SSSR count). The van der Waals surface area contributed by atoms with Crippen LogP contribution in [0.1, 0.15) is 16.7 Å². The van der Waals surface area contributed by atoms with E-state index < -0.39 is 11.7 Å². The Morgan fingerprint density at radius 1 is 0.821 bits per heavy atom. The lowest BCUT2D eigenvalue weighted by Crippen LogP contribution is -2.11. The predicted molar refractivity (Wildman–Crippen MR) is 103 cm³/mol. The van der Waals surface area contributed by atoms with E-state index in [2.05, 4.69) is 0 Å². The highest BCUT2D eigenvalue weighted by molar-refractivity contribution is 5.81. The number of aromatic nitrogens is 1. The minimum atomic E-state index is -4.36.